The fourth-order valence-electron chi connectivity index (χ4n) is 1.66. The first-order chi connectivity index (χ1) is 6.70. The number of ether oxygens (including phenoxy) is 1. The lowest BCUT2D eigenvalue weighted by atomic mass is 9.94. The van der Waals surface area contributed by atoms with Gasteiger partial charge in [0.05, 0.1) is 0 Å². The molecule has 0 aromatic heterocycles. The molecule has 1 saturated heterocycles. The third-order valence-electron chi connectivity index (χ3n) is 2.63. The standard InChI is InChI=1S/C12H12O2/c1-8-9(2)12(13)14-11(8)10-6-4-3-5-7-10/h3-8,11H,2H2,1H3/t8-,11-/m1/s1. The van der Waals surface area contributed by atoms with E-state index in [1.807, 2.05) is 37.3 Å². The van der Waals surface area contributed by atoms with E-state index in [9.17, 15) is 4.79 Å². The fourth-order valence-corrected chi connectivity index (χ4v) is 1.66. The van der Waals surface area contributed by atoms with E-state index in [1.165, 1.54) is 0 Å². The van der Waals surface area contributed by atoms with E-state index in [4.69, 9.17) is 4.74 Å². The SMILES string of the molecule is C=C1C(=O)O[C@@H](c2ccccc2)[C@@H]1C. The lowest BCUT2D eigenvalue weighted by molar-refractivity contribution is -0.139. The Morgan fingerprint density at radius 3 is 2.43 bits per heavy atom. The topological polar surface area (TPSA) is 26.3 Å². The van der Waals surface area contributed by atoms with Gasteiger partial charge in [-0.25, -0.2) is 4.79 Å². The number of carbonyl (C=O) groups is 1. The summed E-state index contributed by atoms with van der Waals surface area (Å²) in [6.45, 7) is 5.68. The van der Waals surface area contributed by atoms with Gasteiger partial charge >= 0.3 is 5.97 Å². The summed E-state index contributed by atoms with van der Waals surface area (Å²) in [5.41, 5.74) is 1.60. The van der Waals surface area contributed by atoms with E-state index in [1.54, 1.807) is 0 Å². The molecule has 1 aliphatic heterocycles. The van der Waals surface area contributed by atoms with Crippen molar-refractivity contribution in [1.29, 1.82) is 0 Å². The maximum atomic E-state index is 11.2. The van der Waals surface area contributed by atoms with Crippen molar-refractivity contribution in [1.82, 2.24) is 0 Å². The Bertz CT molecular complexity index is 367. The highest BCUT2D eigenvalue weighted by molar-refractivity contribution is 5.90. The molecule has 0 radical (unpaired) electrons. The number of esters is 1. The van der Waals surface area contributed by atoms with Crippen molar-refractivity contribution in [3.8, 4) is 0 Å². The molecule has 2 nitrogen and oxygen atoms in total. The van der Waals surface area contributed by atoms with Gasteiger partial charge in [-0.3, -0.25) is 0 Å². The summed E-state index contributed by atoms with van der Waals surface area (Å²) < 4.78 is 5.23. The summed E-state index contributed by atoms with van der Waals surface area (Å²) in [4.78, 5) is 11.2. The highest BCUT2D eigenvalue weighted by atomic mass is 16.6. The maximum absolute atomic E-state index is 11.2. The molecule has 0 bridgehead atoms. The maximum Gasteiger partial charge on any atom is 0.334 e. The van der Waals surface area contributed by atoms with Gasteiger partial charge in [0, 0.05) is 11.5 Å². The second kappa shape index (κ2) is 3.29. The van der Waals surface area contributed by atoms with Crippen molar-refractivity contribution in [2.24, 2.45) is 5.92 Å². The Labute approximate surface area is 83.2 Å². The normalized spacial score (nSPS) is 26.4. The van der Waals surface area contributed by atoms with Crippen LogP contribution in [0.15, 0.2) is 42.5 Å². The van der Waals surface area contributed by atoms with Gasteiger partial charge in [-0.2, -0.15) is 0 Å². The van der Waals surface area contributed by atoms with E-state index in [0.717, 1.165) is 5.56 Å². The van der Waals surface area contributed by atoms with Crippen molar-refractivity contribution >= 4 is 5.97 Å². The second-order valence-electron chi connectivity index (χ2n) is 3.55. The van der Waals surface area contributed by atoms with E-state index >= 15 is 0 Å². The van der Waals surface area contributed by atoms with Crippen molar-refractivity contribution in [2.75, 3.05) is 0 Å². The minimum atomic E-state index is -0.272. The molecule has 0 N–H and O–H groups in total. The summed E-state index contributed by atoms with van der Waals surface area (Å²) in [7, 11) is 0. The quantitative estimate of drug-likeness (QED) is 0.500. The number of rotatable bonds is 1. The average Bonchev–Trinajstić information content (AvgIpc) is 2.47. The molecule has 1 aliphatic rings. The monoisotopic (exact) mass is 188 g/mol. The first-order valence-corrected chi connectivity index (χ1v) is 4.65. The number of hydrogen-bond acceptors (Lipinski definition) is 2. The van der Waals surface area contributed by atoms with Crippen LogP contribution in [0.5, 0.6) is 0 Å². The number of carbonyl (C=O) groups excluding carboxylic acids is 1. The predicted octanol–water partition coefficient (Wildman–Crippen LogP) is 2.48. The molecule has 1 aromatic rings. The summed E-state index contributed by atoms with van der Waals surface area (Å²) >= 11 is 0. The lowest BCUT2D eigenvalue weighted by Gasteiger charge is -2.13. The van der Waals surface area contributed by atoms with Gasteiger partial charge in [0.1, 0.15) is 6.10 Å². The predicted molar refractivity (Wildman–Crippen MR) is 53.6 cm³/mol. The van der Waals surface area contributed by atoms with Crippen LogP contribution in [0.25, 0.3) is 0 Å². The first kappa shape index (κ1) is 9.00. The van der Waals surface area contributed by atoms with Gasteiger partial charge in [-0.1, -0.05) is 43.8 Å². The Morgan fingerprint density at radius 2 is 1.93 bits per heavy atom. The summed E-state index contributed by atoms with van der Waals surface area (Å²) in [6.07, 6.45) is -0.156. The van der Waals surface area contributed by atoms with Gasteiger partial charge in [0.2, 0.25) is 0 Å². The minimum Gasteiger partial charge on any atom is -0.453 e. The second-order valence-corrected chi connectivity index (χ2v) is 3.55. The molecule has 1 fully saturated rings. The van der Waals surface area contributed by atoms with Crippen LogP contribution in [0.2, 0.25) is 0 Å². The average molecular weight is 188 g/mol. The number of cyclic esters (lactones) is 1. The smallest absolute Gasteiger partial charge is 0.334 e. The van der Waals surface area contributed by atoms with Crippen LogP contribution in [0, 0.1) is 5.92 Å². The van der Waals surface area contributed by atoms with Gasteiger partial charge in [0.15, 0.2) is 0 Å². The zero-order chi connectivity index (χ0) is 10.1. The third-order valence-corrected chi connectivity index (χ3v) is 2.63. The van der Waals surface area contributed by atoms with Crippen LogP contribution < -0.4 is 0 Å². The van der Waals surface area contributed by atoms with Crippen LogP contribution in [-0.2, 0) is 9.53 Å². The van der Waals surface area contributed by atoms with Crippen LogP contribution >= 0.6 is 0 Å². The van der Waals surface area contributed by atoms with E-state index in [0.29, 0.717) is 5.57 Å². The summed E-state index contributed by atoms with van der Waals surface area (Å²) in [5, 5.41) is 0. The Kier molecular flexibility index (Phi) is 2.12. The molecule has 0 aliphatic carbocycles. The highest BCUT2D eigenvalue weighted by Crippen LogP contribution is 2.37. The van der Waals surface area contributed by atoms with Crippen molar-refractivity contribution in [3.63, 3.8) is 0 Å². The molecular formula is C12H12O2. The molecule has 0 spiro atoms. The molecule has 2 heteroatoms. The van der Waals surface area contributed by atoms with Gasteiger partial charge in [0.25, 0.3) is 0 Å². The van der Waals surface area contributed by atoms with Crippen LogP contribution in [0.3, 0.4) is 0 Å². The fraction of sp³-hybridized carbons (Fsp3) is 0.250. The Hall–Kier alpha value is -1.57. The molecule has 0 amide bonds. The van der Waals surface area contributed by atoms with Gasteiger partial charge < -0.3 is 4.74 Å². The van der Waals surface area contributed by atoms with Gasteiger partial charge in [-0.05, 0) is 5.56 Å². The van der Waals surface area contributed by atoms with E-state index < -0.39 is 0 Å². The molecule has 2 atom stereocenters. The summed E-state index contributed by atoms with van der Waals surface area (Å²) in [5.74, 6) is -0.198. The molecule has 2 rings (SSSR count). The highest BCUT2D eigenvalue weighted by Gasteiger charge is 2.35. The molecule has 0 saturated carbocycles. The van der Waals surface area contributed by atoms with Crippen molar-refractivity contribution < 1.29 is 9.53 Å². The van der Waals surface area contributed by atoms with Crippen molar-refractivity contribution in [2.45, 2.75) is 13.0 Å². The molecule has 14 heavy (non-hydrogen) atoms. The molecular weight excluding hydrogens is 176 g/mol. The number of benzene rings is 1. The van der Waals surface area contributed by atoms with Gasteiger partial charge in [-0.15, -0.1) is 0 Å². The molecule has 0 unspecified atom stereocenters. The molecule has 72 valence electrons. The Morgan fingerprint density at radius 1 is 1.29 bits per heavy atom. The zero-order valence-electron chi connectivity index (χ0n) is 8.07. The Balaban J connectivity index is 2.30. The summed E-state index contributed by atoms with van der Waals surface area (Å²) in [6, 6.07) is 9.76. The molecule has 1 aromatic carbocycles. The van der Waals surface area contributed by atoms with Crippen LogP contribution in [-0.4, -0.2) is 5.97 Å². The number of hydrogen-bond donors (Lipinski definition) is 0. The van der Waals surface area contributed by atoms with Crippen LogP contribution in [0.1, 0.15) is 18.6 Å². The first-order valence-electron chi connectivity index (χ1n) is 4.65. The lowest BCUT2D eigenvalue weighted by Crippen LogP contribution is -2.03. The molecule has 1 heterocycles. The van der Waals surface area contributed by atoms with Crippen LogP contribution in [0.4, 0.5) is 0 Å². The minimum absolute atomic E-state index is 0.0740. The van der Waals surface area contributed by atoms with E-state index in [2.05, 4.69) is 6.58 Å². The third kappa shape index (κ3) is 1.33. The van der Waals surface area contributed by atoms with Crippen molar-refractivity contribution in [3.05, 3.63) is 48.0 Å². The zero-order valence-corrected chi connectivity index (χ0v) is 8.07. The largest absolute Gasteiger partial charge is 0.453 e. The van der Waals surface area contributed by atoms with E-state index in [-0.39, 0.29) is 18.0 Å².